The van der Waals surface area contributed by atoms with Gasteiger partial charge in [0.1, 0.15) is 0 Å². The molecule has 124 valence electrons. The second-order valence-corrected chi connectivity index (χ2v) is 6.80. The monoisotopic (exact) mass is 340 g/mol. The van der Waals surface area contributed by atoms with Crippen LogP contribution in [0.2, 0.25) is 0 Å². The molecule has 0 aliphatic heterocycles. The molecule has 4 nitrogen and oxygen atoms in total. The van der Waals surface area contributed by atoms with Gasteiger partial charge in [0.15, 0.2) is 0 Å². The first-order valence-corrected chi connectivity index (χ1v) is 8.94. The van der Waals surface area contributed by atoms with Crippen molar-refractivity contribution >= 4 is 23.6 Å². The van der Waals surface area contributed by atoms with Crippen molar-refractivity contribution in [2.45, 2.75) is 30.2 Å². The number of aryl methyl sites for hydroxylation is 1. The first-order chi connectivity index (χ1) is 11.6. The van der Waals surface area contributed by atoms with Crippen LogP contribution in [0.1, 0.15) is 40.4 Å². The Balaban J connectivity index is 1.62. The van der Waals surface area contributed by atoms with E-state index in [0.29, 0.717) is 4.90 Å². The Morgan fingerprint density at radius 3 is 2.71 bits per heavy atom. The van der Waals surface area contributed by atoms with Crippen LogP contribution in [-0.4, -0.2) is 17.6 Å². The summed E-state index contributed by atoms with van der Waals surface area (Å²) in [5, 5.41) is 14.2. The number of carboxylic acids is 1. The van der Waals surface area contributed by atoms with Crippen LogP contribution in [0.5, 0.6) is 0 Å². The third-order valence-electron chi connectivity index (χ3n) is 4.17. The number of carboxylic acid groups (broad SMARTS) is 1. The van der Waals surface area contributed by atoms with Crippen LogP contribution in [-0.2, 0) is 11.2 Å². The number of carbonyl (C=O) groups excluding carboxylic acids is 2. The van der Waals surface area contributed by atoms with Crippen LogP contribution < -0.4 is 10.4 Å². The van der Waals surface area contributed by atoms with Gasteiger partial charge in [-0.05, 0) is 36.5 Å². The highest BCUT2D eigenvalue weighted by Crippen LogP contribution is 2.29. The molecular formula is C19H18NO3S-. The number of hydrogen-bond acceptors (Lipinski definition) is 4. The Labute approximate surface area is 145 Å². The third kappa shape index (κ3) is 3.79. The molecule has 2 aromatic rings. The lowest BCUT2D eigenvalue weighted by molar-refractivity contribution is -0.255. The highest BCUT2D eigenvalue weighted by molar-refractivity contribution is 8.00. The Hall–Kier alpha value is -2.27. The highest BCUT2D eigenvalue weighted by Gasteiger charge is 2.21. The van der Waals surface area contributed by atoms with E-state index in [9.17, 15) is 14.7 Å². The van der Waals surface area contributed by atoms with Gasteiger partial charge in [0.25, 0.3) is 0 Å². The van der Waals surface area contributed by atoms with E-state index in [1.165, 1.54) is 29.0 Å². The number of thioether (sulfide) groups is 1. The number of rotatable bonds is 5. The Kier molecular flexibility index (Phi) is 5.20. The van der Waals surface area contributed by atoms with Gasteiger partial charge in [-0.3, -0.25) is 4.79 Å². The second kappa shape index (κ2) is 7.53. The van der Waals surface area contributed by atoms with Gasteiger partial charge in [-0.1, -0.05) is 42.5 Å². The van der Waals surface area contributed by atoms with Crippen LogP contribution in [0.4, 0.5) is 0 Å². The highest BCUT2D eigenvalue weighted by atomic mass is 32.2. The molecule has 0 saturated heterocycles. The summed E-state index contributed by atoms with van der Waals surface area (Å²) in [5.41, 5.74) is 2.61. The summed E-state index contributed by atoms with van der Waals surface area (Å²) in [6.45, 7) is 0. The molecule has 0 heterocycles. The lowest BCUT2D eigenvalue weighted by Gasteiger charge is -2.26. The fourth-order valence-corrected chi connectivity index (χ4v) is 3.90. The Bertz CT molecular complexity index is 760. The zero-order valence-corrected chi connectivity index (χ0v) is 14.0. The molecule has 5 heteroatoms. The molecule has 24 heavy (non-hydrogen) atoms. The molecule has 0 bridgehead atoms. The van der Waals surface area contributed by atoms with E-state index < -0.39 is 5.97 Å². The van der Waals surface area contributed by atoms with Crippen LogP contribution in [0.3, 0.4) is 0 Å². The number of benzene rings is 2. The van der Waals surface area contributed by atoms with E-state index >= 15 is 0 Å². The molecule has 1 amide bonds. The summed E-state index contributed by atoms with van der Waals surface area (Å²) in [7, 11) is 0. The van der Waals surface area contributed by atoms with Gasteiger partial charge in [0.2, 0.25) is 5.91 Å². The average Bonchev–Trinajstić information content (AvgIpc) is 2.60. The van der Waals surface area contributed by atoms with Crippen molar-refractivity contribution in [2.24, 2.45) is 0 Å². The Morgan fingerprint density at radius 1 is 1.12 bits per heavy atom. The standard InChI is InChI=1S/C19H19NO3S/c21-18(12-24-17-11-4-3-9-15(17)19(22)23)20-16-10-5-7-13-6-1-2-8-14(13)16/h1-4,6,8-9,11,16H,5,7,10,12H2,(H,20,21)(H,22,23)/p-1/t16-/m1/s1. The maximum absolute atomic E-state index is 12.3. The molecule has 0 radical (unpaired) electrons. The summed E-state index contributed by atoms with van der Waals surface area (Å²) >= 11 is 1.22. The van der Waals surface area contributed by atoms with Crippen molar-refractivity contribution in [3.63, 3.8) is 0 Å². The molecule has 0 saturated carbocycles. The van der Waals surface area contributed by atoms with Gasteiger partial charge < -0.3 is 15.2 Å². The van der Waals surface area contributed by atoms with Gasteiger partial charge in [0.05, 0.1) is 17.8 Å². The number of aromatic carboxylic acids is 1. The topological polar surface area (TPSA) is 69.2 Å². The number of nitrogens with one attached hydrogen (secondary N) is 1. The molecule has 2 aromatic carbocycles. The lowest BCUT2D eigenvalue weighted by atomic mass is 9.88. The predicted molar refractivity (Wildman–Crippen MR) is 91.8 cm³/mol. The van der Waals surface area contributed by atoms with E-state index in [1.807, 2.05) is 12.1 Å². The molecular weight excluding hydrogens is 322 g/mol. The van der Waals surface area contributed by atoms with Crippen molar-refractivity contribution < 1.29 is 14.7 Å². The fourth-order valence-electron chi connectivity index (χ4n) is 3.04. The van der Waals surface area contributed by atoms with E-state index in [2.05, 4.69) is 17.4 Å². The molecule has 0 spiro atoms. The normalized spacial score (nSPS) is 16.2. The largest absolute Gasteiger partial charge is 0.545 e. The van der Waals surface area contributed by atoms with Crippen LogP contribution in [0, 0.1) is 0 Å². The summed E-state index contributed by atoms with van der Waals surface area (Å²) in [4.78, 5) is 23.9. The minimum atomic E-state index is -1.22. The predicted octanol–water partition coefficient (Wildman–Crippen LogP) is 2.34. The Morgan fingerprint density at radius 2 is 1.88 bits per heavy atom. The first kappa shape index (κ1) is 16.6. The second-order valence-electron chi connectivity index (χ2n) is 5.78. The van der Waals surface area contributed by atoms with Gasteiger partial charge in [-0.2, -0.15) is 0 Å². The summed E-state index contributed by atoms with van der Waals surface area (Å²) in [6, 6.07) is 14.8. The van der Waals surface area contributed by atoms with Gasteiger partial charge >= 0.3 is 0 Å². The van der Waals surface area contributed by atoms with Gasteiger partial charge in [-0.25, -0.2) is 0 Å². The average molecular weight is 340 g/mol. The molecule has 1 N–H and O–H groups in total. The fraction of sp³-hybridized carbons (Fsp3) is 0.263. The van der Waals surface area contributed by atoms with E-state index in [-0.39, 0.29) is 23.3 Å². The van der Waals surface area contributed by atoms with Crippen molar-refractivity contribution in [1.82, 2.24) is 5.32 Å². The summed E-state index contributed by atoms with van der Waals surface area (Å²) in [6.07, 6.45) is 3.04. The molecule has 0 aromatic heterocycles. The van der Waals surface area contributed by atoms with Crippen molar-refractivity contribution in [3.8, 4) is 0 Å². The number of fused-ring (bicyclic) bond motifs is 1. The molecule has 1 atom stereocenters. The van der Waals surface area contributed by atoms with Crippen molar-refractivity contribution in [3.05, 3.63) is 65.2 Å². The van der Waals surface area contributed by atoms with E-state index in [0.717, 1.165) is 19.3 Å². The quantitative estimate of drug-likeness (QED) is 0.848. The minimum absolute atomic E-state index is 0.0411. The van der Waals surface area contributed by atoms with E-state index in [4.69, 9.17) is 0 Å². The first-order valence-electron chi connectivity index (χ1n) is 7.95. The lowest BCUT2D eigenvalue weighted by Crippen LogP contribution is -2.32. The van der Waals surface area contributed by atoms with Crippen molar-refractivity contribution in [2.75, 3.05) is 5.75 Å². The number of hydrogen-bond donors (Lipinski definition) is 1. The zero-order chi connectivity index (χ0) is 16.9. The smallest absolute Gasteiger partial charge is 0.230 e. The van der Waals surface area contributed by atoms with Crippen LogP contribution >= 0.6 is 11.8 Å². The van der Waals surface area contributed by atoms with Crippen LogP contribution in [0.25, 0.3) is 0 Å². The molecule has 3 rings (SSSR count). The maximum Gasteiger partial charge on any atom is 0.230 e. The van der Waals surface area contributed by atoms with Crippen LogP contribution in [0.15, 0.2) is 53.4 Å². The minimum Gasteiger partial charge on any atom is -0.545 e. The van der Waals surface area contributed by atoms with Gasteiger partial charge in [0, 0.05) is 10.5 Å². The molecule has 0 unspecified atom stereocenters. The summed E-state index contributed by atoms with van der Waals surface area (Å²) < 4.78 is 0. The molecule has 1 aliphatic rings. The molecule has 1 aliphatic carbocycles. The molecule has 0 fully saturated rings. The van der Waals surface area contributed by atoms with Crippen molar-refractivity contribution in [1.29, 1.82) is 0 Å². The zero-order valence-electron chi connectivity index (χ0n) is 13.2. The van der Waals surface area contributed by atoms with Gasteiger partial charge in [-0.15, -0.1) is 11.8 Å². The maximum atomic E-state index is 12.3. The SMILES string of the molecule is O=C(CSc1ccccc1C(=O)[O-])N[C@@H]1CCCc2ccccc21. The summed E-state index contributed by atoms with van der Waals surface area (Å²) in [5.74, 6) is -1.13. The third-order valence-corrected chi connectivity index (χ3v) is 5.24. The number of carbonyl (C=O) groups is 2. The van der Waals surface area contributed by atoms with E-state index in [1.54, 1.807) is 18.2 Å². The number of amides is 1.